The molecule has 1 amide bonds. The molecule has 0 aliphatic rings. The van der Waals surface area contributed by atoms with E-state index in [0.29, 0.717) is 33.7 Å². The van der Waals surface area contributed by atoms with Crippen LogP contribution in [0.25, 0.3) is 0 Å². The third-order valence-electron chi connectivity index (χ3n) is 5.36. The van der Waals surface area contributed by atoms with Gasteiger partial charge in [0.15, 0.2) is 11.5 Å². The number of benzene rings is 2. The van der Waals surface area contributed by atoms with Crippen LogP contribution in [-0.2, 0) is 13.2 Å². The third kappa shape index (κ3) is 5.21. The van der Waals surface area contributed by atoms with Gasteiger partial charge in [0.25, 0.3) is 5.91 Å². The second-order valence-electron chi connectivity index (χ2n) is 7.64. The molecule has 2 aromatic carbocycles. The van der Waals surface area contributed by atoms with Gasteiger partial charge in [-0.3, -0.25) is 9.48 Å². The van der Waals surface area contributed by atoms with E-state index in [1.807, 2.05) is 38.1 Å². The number of hydrogen-bond acceptors (Lipinski definition) is 5. The van der Waals surface area contributed by atoms with Gasteiger partial charge in [0.05, 0.1) is 12.1 Å². The maximum Gasteiger partial charge on any atom is 0.279 e. The van der Waals surface area contributed by atoms with E-state index in [-0.39, 0.29) is 12.3 Å². The first-order valence-corrected chi connectivity index (χ1v) is 11.0. The number of carbonyl (C=O) groups excluding carboxylic acids is 1. The highest BCUT2D eigenvalue weighted by atomic mass is 35.5. The molecular formula is C24H22Cl2N4O3. The molecule has 1 N–H and O–H groups in total. The Bertz CT molecular complexity index is 1310. The molecule has 0 saturated carbocycles. The minimum Gasteiger partial charge on any atom is -0.488 e. The molecule has 7 nitrogen and oxygen atoms in total. The standard InChI is InChI=1S/C24H22Cl2N4O3/c1-14-5-4-6-21(15(14)2)32-13-19-16(3)33-29-23(19)24(31)27-22-9-10-30(28-22)12-17-7-8-18(25)11-20(17)26/h4-11H,12-13H2,1-3H3,(H,27,28,31). The molecule has 0 saturated heterocycles. The van der Waals surface area contributed by atoms with E-state index in [0.717, 1.165) is 22.4 Å². The van der Waals surface area contributed by atoms with Crippen LogP contribution in [0.15, 0.2) is 53.2 Å². The van der Waals surface area contributed by atoms with Gasteiger partial charge in [0, 0.05) is 22.3 Å². The molecule has 2 aromatic heterocycles. The van der Waals surface area contributed by atoms with Crippen LogP contribution in [-0.4, -0.2) is 20.8 Å². The number of anilines is 1. The van der Waals surface area contributed by atoms with Crippen LogP contribution < -0.4 is 10.1 Å². The number of halogens is 2. The molecular weight excluding hydrogens is 463 g/mol. The Labute approximate surface area is 201 Å². The number of nitrogens with one attached hydrogen (secondary N) is 1. The van der Waals surface area contributed by atoms with Gasteiger partial charge in [-0.05, 0) is 55.7 Å². The Hall–Kier alpha value is -3.29. The SMILES string of the molecule is Cc1cccc(OCc2c(C(=O)Nc3ccn(Cc4ccc(Cl)cc4Cl)n3)noc2C)c1C. The van der Waals surface area contributed by atoms with Crippen molar-refractivity contribution in [3.63, 3.8) is 0 Å². The largest absolute Gasteiger partial charge is 0.488 e. The number of nitrogens with zero attached hydrogens (tertiary/aromatic N) is 3. The first-order chi connectivity index (χ1) is 15.8. The maximum atomic E-state index is 12.9. The molecule has 33 heavy (non-hydrogen) atoms. The molecule has 0 fully saturated rings. The number of carbonyl (C=O) groups is 1. The van der Waals surface area contributed by atoms with Gasteiger partial charge < -0.3 is 14.6 Å². The second kappa shape index (κ2) is 9.68. The van der Waals surface area contributed by atoms with Crippen molar-refractivity contribution < 1.29 is 14.1 Å². The Morgan fingerprint density at radius 1 is 1.15 bits per heavy atom. The number of ether oxygens (including phenoxy) is 1. The summed E-state index contributed by atoms with van der Waals surface area (Å²) in [5.74, 6) is 1.23. The Morgan fingerprint density at radius 2 is 1.97 bits per heavy atom. The Morgan fingerprint density at radius 3 is 2.76 bits per heavy atom. The van der Waals surface area contributed by atoms with E-state index in [9.17, 15) is 4.79 Å². The average molecular weight is 485 g/mol. The molecule has 4 rings (SSSR count). The Balaban J connectivity index is 1.45. The lowest BCUT2D eigenvalue weighted by Gasteiger charge is -2.11. The fourth-order valence-corrected chi connectivity index (χ4v) is 3.75. The highest BCUT2D eigenvalue weighted by molar-refractivity contribution is 6.35. The van der Waals surface area contributed by atoms with Crippen molar-refractivity contribution in [2.45, 2.75) is 33.9 Å². The van der Waals surface area contributed by atoms with Gasteiger partial charge in [0.2, 0.25) is 0 Å². The maximum absolute atomic E-state index is 12.9. The molecule has 4 aromatic rings. The van der Waals surface area contributed by atoms with Gasteiger partial charge in [-0.25, -0.2) is 0 Å². The predicted molar refractivity (Wildman–Crippen MR) is 127 cm³/mol. The smallest absolute Gasteiger partial charge is 0.279 e. The van der Waals surface area contributed by atoms with Crippen molar-refractivity contribution in [2.24, 2.45) is 0 Å². The first-order valence-electron chi connectivity index (χ1n) is 10.2. The molecule has 0 bridgehead atoms. The Kier molecular flexibility index (Phi) is 6.72. The predicted octanol–water partition coefficient (Wildman–Crippen LogP) is 5.98. The lowest BCUT2D eigenvalue weighted by Crippen LogP contribution is -2.16. The van der Waals surface area contributed by atoms with Crippen LogP contribution in [0.4, 0.5) is 5.82 Å². The minimum atomic E-state index is -0.429. The fourth-order valence-electron chi connectivity index (χ4n) is 3.29. The van der Waals surface area contributed by atoms with Crippen molar-refractivity contribution in [1.29, 1.82) is 0 Å². The summed E-state index contributed by atoms with van der Waals surface area (Å²) in [7, 11) is 0. The summed E-state index contributed by atoms with van der Waals surface area (Å²) < 4.78 is 12.9. The van der Waals surface area contributed by atoms with Crippen LogP contribution >= 0.6 is 23.2 Å². The summed E-state index contributed by atoms with van der Waals surface area (Å²) in [5.41, 5.74) is 3.78. The lowest BCUT2D eigenvalue weighted by molar-refractivity contribution is 0.101. The van der Waals surface area contributed by atoms with E-state index >= 15 is 0 Å². The zero-order chi connectivity index (χ0) is 23.5. The van der Waals surface area contributed by atoms with Crippen molar-refractivity contribution in [2.75, 3.05) is 5.32 Å². The number of aromatic nitrogens is 3. The highest BCUT2D eigenvalue weighted by Crippen LogP contribution is 2.24. The van der Waals surface area contributed by atoms with Gasteiger partial charge in [-0.2, -0.15) is 5.10 Å². The monoisotopic (exact) mass is 484 g/mol. The van der Waals surface area contributed by atoms with Gasteiger partial charge >= 0.3 is 0 Å². The van der Waals surface area contributed by atoms with E-state index in [4.69, 9.17) is 32.5 Å². The van der Waals surface area contributed by atoms with Crippen LogP contribution in [0.1, 0.15) is 38.5 Å². The zero-order valence-corrected chi connectivity index (χ0v) is 19.9. The summed E-state index contributed by atoms with van der Waals surface area (Å²) in [5, 5.41) is 12.2. The van der Waals surface area contributed by atoms with Crippen molar-refractivity contribution >= 4 is 34.9 Å². The topological polar surface area (TPSA) is 82.2 Å². The fraction of sp³-hybridized carbons (Fsp3) is 0.208. The average Bonchev–Trinajstić information content (AvgIpc) is 3.37. The number of rotatable bonds is 7. The van der Waals surface area contributed by atoms with Crippen LogP contribution in [0, 0.1) is 20.8 Å². The van der Waals surface area contributed by atoms with Crippen LogP contribution in [0.3, 0.4) is 0 Å². The summed E-state index contributed by atoms with van der Waals surface area (Å²) in [6.07, 6.45) is 1.75. The van der Waals surface area contributed by atoms with Crippen molar-refractivity contribution in [1.82, 2.24) is 14.9 Å². The van der Waals surface area contributed by atoms with E-state index < -0.39 is 5.91 Å². The lowest BCUT2D eigenvalue weighted by atomic mass is 10.1. The second-order valence-corrected chi connectivity index (χ2v) is 8.48. The quantitative estimate of drug-likeness (QED) is 0.348. The van der Waals surface area contributed by atoms with Crippen molar-refractivity contribution in [3.8, 4) is 5.75 Å². The van der Waals surface area contributed by atoms with Gasteiger partial charge in [-0.1, -0.05) is 46.6 Å². The molecule has 2 heterocycles. The molecule has 0 spiro atoms. The van der Waals surface area contributed by atoms with E-state index in [2.05, 4.69) is 15.6 Å². The summed E-state index contributed by atoms with van der Waals surface area (Å²) in [4.78, 5) is 12.9. The normalized spacial score (nSPS) is 10.9. The first kappa shape index (κ1) is 22.9. The molecule has 170 valence electrons. The number of amides is 1. The number of hydrogen-bond donors (Lipinski definition) is 1. The van der Waals surface area contributed by atoms with Crippen LogP contribution in [0.2, 0.25) is 10.0 Å². The van der Waals surface area contributed by atoms with E-state index in [1.165, 1.54) is 0 Å². The zero-order valence-electron chi connectivity index (χ0n) is 18.4. The number of aryl methyl sites for hydroxylation is 2. The molecule has 9 heteroatoms. The summed E-state index contributed by atoms with van der Waals surface area (Å²) in [6, 6.07) is 12.8. The molecule has 0 aliphatic heterocycles. The highest BCUT2D eigenvalue weighted by Gasteiger charge is 2.21. The molecule has 0 radical (unpaired) electrons. The summed E-state index contributed by atoms with van der Waals surface area (Å²) >= 11 is 12.2. The minimum absolute atomic E-state index is 0.159. The molecule has 0 unspecified atom stereocenters. The third-order valence-corrected chi connectivity index (χ3v) is 5.94. The molecule has 0 aliphatic carbocycles. The van der Waals surface area contributed by atoms with Gasteiger partial charge in [-0.15, -0.1) is 0 Å². The van der Waals surface area contributed by atoms with Crippen LogP contribution in [0.5, 0.6) is 5.75 Å². The van der Waals surface area contributed by atoms with E-state index in [1.54, 1.807) is 36.0 Å². The molecule has 0 atom stereocenters. The van der Waals surface area contributed by atoms with Gasteiger partial charge in [0.1, 0.15) is 18.1 Å². The summed E-state index contributed by atoms with van der Waals surface area (Å²) in [6.45, 7) is 6.35. The van der Waals surface area contributed by atoms with Crippen molar-refractivity contribution in [3.05, 3.63) is 92.4 Å².